The van der Waals surface area contributed by atoms with Crippen molar-refractivity contribution in [2.45, 2.75) is 24.9 Å². The minimum Gasteiger partial charge on any atom is -0.495 e. The lowest BCUT2D eigenvalue weighted by atomic mass is 10.1. The molecule has 2 heterocycles. The van der Waals surface area contributed by atoms with Gasteiger partial charge in [0.2, 0.25) is 5.91 Å². The van der Waals surface area contributed by atoms with Crippen molar-refractivity contribution >= 4 is 17.5 Å². The summed E-state index contributed by atoms with van der Waals surface area (Å²) in [6, 6.07) is 5.42. The van der Waals surface area contributed by atoms with E-state index in [-0.39, 0.29) is 18.0 Å². The monoisotopic (exact) mass is 349 g/mol. The van der Waals surface area contributed by atoms with Gasteiger partial charge in [0, 0.05) is 31.7 Å². The van der Waals surface area contributed by atoms with Gasteiger partial charge in [-0.1, -0.05) is 22.9 Å². The van der Waals surface area contributed by atoms with Crippen LogP contribution in [0.5, 0.6) is 5.75 Å². The number of benzene rings is 1. The lowest BCUT2D eigenvalue weighted by Gasteiger charge is -2.16. The van der Waals surface area contributed by atoms with Crippen molar-refractivity contribution < 1.29 is 9.53 Å². The highest BCUT2D eigenvalue weighted by Crippen LogP contribution is 2.26. The molecule has 0 aliphatic carbocycles. The Morgan fingerprint density at radius 2 is 2.29 bits per heavy atom. The van der Waals surface area contributed by atoms with E-state index in [1.165, 1.54) is 0 Å². The summed E-state index contributed by atoms with van der Waals surface area (Å²) < 4.78 is 6.85. The fourth-order valence-corrected chi connectivity index (χ4v) is 3.24. The summed E-state index contributed by atoms with van der Waals surface area (Å²) in [5.74, 6) is 0.716. The Balaban J connectivity index is 1.57. The molecule has 128 valence electrons. The van der Waals surface area contributed by atoms with Gasteiger partial charge in [0.15, 0.2) is 0 Å². The molecule has 2 N–H and O–H groups in total. The van der Waals surface area contributed by atoms with E-state index < -0.39 is 0 Å². The number of aromatic nitrogens is 3. The molecule has 2 atom stereocenters. The smallest absolute Gasteiger partial charge is 0.223 e. The second-order valence-corrected chi connectivity index (χ2v) is 6.29. The molecule has 1 amide bonds. The van der Waals surface area contributed by atoms with Crippen LogP contribution < -0.4 is 10.5 Å². The van der Waals surface area contributed by atoms with E-state index in [2.05, 4.69) is 10.3 Å². The zero-order valence-corrected chi connectivity index (χ0v) is 14.2. The summed E-state index contributed by atoms with van der Waals surface area (Å²) in [6.45, 7) is 1.10. The number of methoxy groups -OCH3 is 1. The second kappa shape index (κ2) is 7.19. The number of carbonyl (C=O) groups is 1. The molecule has 0 radical (unpaired) electrons. The highest BCUT2D eigenvalue weighted by Gasteiger charge is 2.34. The largest absolute Gasteiger partial charge is 0.495 e. The van der Waals surface area contributed by atoms with Crippen LogP contribution in [0.3, 0.4) is 0 Å². The average Bonchev–Trinajstić information content (AvgIpc) is 3.22. The third-order valence-electron chi connectivity index (χ3n) is 4.31. The summed E-state index contributed by atoms with van der Waals surface area (Å²) >= 11 is 6.11. The van der Waals surface area contributed by atoms with Crippen molar-refractivity contribution in [2.24, 2.45) is 5.73 Å². The van der Waals surface area contributed by atoms with Gasteiger partial charge in [-0.2, -0.15) is 0 Å². The Kier molecular flexibility index (Phi) is 5.01. The first-order chi connectivity index (χ1) is 11.6. The highest BCUT2D eigenvalue weighted by atomic mass is 35.5. The maximum absolute atomic E-state index is 12.5. The van der Waals surface area contributed by atoms with Gasteiger partial charge in [-0.05, 0) is 24.1 Å². The molecule has 1 fully saturated rings. The van der Waals surface area contributed by atoms with Crippen molar-refractivity contribution in [1.82, 2.24) is 19.9 Å². The number of halogens is 1. The van der Waals surface area contributed by atoms with Crippen LogP contribution in [0.2, 0.25) is 5.02 Å². The van der Waals surface area contributed by atoms with E-state index in [9.17, 15) is 4.79 Å². The molecule has 1 aromatic carbocycles. The average molecular weight is 350 g/mol. The molecule has 7 nitrogen and oxygen atoms in total. The summed E-state index contributed by atoms with van der Waals surface area (Å²) in [5, 5.41) is 8.34. The maximum atomic E-state index is 12.5. The van der Waals surface area contributed by atoms with Crippen LogP contribution in [-0.4, -0.2) is 52.0 Å². The van der Waals surface area contributed by atoms with Gasteiger partial charge in [-0.3, -0.25) is 4.79 Å². The highest BCUT2D eigenvalue weighted by molar-refractivity contribution is 6.32. The molecule has 1 aromatic heterocycles. The third-order valence-corrected chi connectivity index (χ3v) is 4.61. The molecule has 0 spiro atoms. The molecular weight excluding hydrogens is 330 g/mol. The van der Waals surface area contributed by atoms with Crippen molar-refractivity contribution in [3.05, 3.63) is 41.2 Å². The summed E-state index contributed by atoms with van der Waals surface area (Å²) in [4.78, 5) is 14.2. The van der Waals surface area contributed by atoms with Crippen molar-refractivity contribution in [3.63, 3.8) is 0 Å². The van der Waals surface area contributed by atoms with E-state index in [1.54, 1.807) is 29.1 Å². The number of likely N-dealkylation sites (tertiary alicyclic amines) is 1. The van der Waals surface area contributed by atoms with E-state index >= 15 is 0 Å². The number of hydrogen-bond donors (Lipinski definition) is 1. The van der Waals surface area contributed by atoms with E-state index in [0.717, 1.165) is 5.56 Å². The Morgan fingerprint density at radius 1 is 1.46 bits per heavy atom. The summed E-state index contributed by atoms with van der Waals surface area (Å²) in [7, 11) is 1.58. The topological polar surface area (TPSA) is 86.3 Å². The molecule has 8 heteroatoms. The first-order valence-corrected chi connectivity index (χ1v) is 8.18. The third kappa shape index (κ3) is 3.52. The minimum absolute atomic E-state index is 0.0214. The fourth-order valence-electron chi connectivity index (χ4n) is 2.96. The predicted octanol–water partition coefficient (Wildman–Crippen LogP) is 1.28. The van der Waals surface area contributed by atoms with Crippen LogP contribution in [0.25, 0.3) is 0 Å². The number of nitrogens with two attached hydrogens (primary N) is 1. The maximum Gasteiger partial charge on any atom is 0.223 e. The number of nitrogens with zero attached hydrogens (tertiary/aromatic N) is 4. The lowest BCUT2D eigenvalue weighted by molar-refractivity contribution is -0.130. The molecule has 0 unspecified atom stereocenters. The Bertz CT molecular complexity index is 706. The number of aryl methyl sites for hydroxylation is 1. The first-order valence-electron chi connectivity index (χ1n) is 7.80. The second-order valence-electron chi connectivity index (χ2n) is 5.88. The quantitative estimate of drug-likeness (QED) is 0.878. The van der Waals surface area contributed by atoms with Crippen LogP contribution in [0.1, 0.15) is 18.0 Å². The van der Waals surface area contributed by atoms with Crippen molar-refractivity contribution in [3.8, 4) is 5.75 Å². The Morgan fingerprint density at radius 3 is 2.96 bits per heavy atom. The Hall–Kier alpha value is -2.12. The SMILES string of the molecule is COc1ccc(CCC(=O)N2C[C@@H](N)[C@@H](n3ccnn3)C2)cc1Cl. The van der Waals surface area contributed by atoms with Gasteiger partial charge in [-0.25, -0.2) is 4.68 Å². The zero-order valence-electron chi connectivity index (χ0n) is 13.4. The normalized spacial score (nSPS) is 20.4. The van der Waals surface area contributed by atoms with Gasteiger partial charge in [0.05, 0.1) is 24.4 Å². The molecule has 24 heavy (non-hydrogen) atoms. The van der Waals surface area contributed by atoms with Gasteiger partial charge in [0.1, 0.15) is 5.75 Å². The number of carbonyl (C=O) groups excluding carboxylic acids is 1. The summed E-state index contributed by atoms with van der Waals surface area (Å²) in [6.07, 6.45) is 4.43. The molecule has 0 bridgehead atoms. The van der Waals surface area contributed by atoms with Crippen molar-refractivity contribution in [2.75, 3.05) is 20.2 Å². The molecule has 1 aliphatic rings. The minimum atomic E-state index is -0.133. The van der Waals surface area contributed by atoms with Gasteiger partial charge in [-0.15, -0.1) is 5.10 Å². The zero-order chi connectivity index (χ0) is 17.1. The van der Waals surface area contributed by atoms with Gasteiger partial charge >= 0.3 is 0 Å². The van der Waals surface area contributed by atoms with Crippen LogP contribution in [0, 0.1) is 0 Å². The van der Waals surface area contributed by atoms with Crippen molar-refractivity contribution in [1.29, 1.82) is 0 Å². The molecule has 0 saturated carbocycles. The molecule has 1 aliphatic heterocycles. The molecule has 3 rings (SSSR count). The Labute approximate surface area is 145 Å². The van der Waals surface area contributed by atoms with Gasteiger partial charge < -0.3 is 15.4 Å². The predicted molar refractivity (Wildman–Crippen MR) is 89.9 cm³/mol. The van der Waals surface area contributed by atoms with E-state index in [0.29, 0.717) is 36.7 Å². The molecule has 2 aromatic rings. The van der Waals surface area contributed by atoms with Gasteiger partial charge in [0.25, 0.3) is 0 Å². The first kappa shape index (κ1) is 16.7. The molecular formula is C16H20ClN5O2. The van der Waals surface area contributed by atoms with Crippen LogP contribution >= 0.6 is 11.6 Å². The van der Waals surface area contributed by atoms with Crippen LogP contribution in [0.15, 0.2) is 30.6 Å². The van der Waals surface area contributed by atoms with Crippen LogP contribution in [-0.2, 0) is 11.2 Å². The number of hydrogen-bond acceptors (Lipinski definition) is 5. The van der Waals surface area contributed by atoms with E-state index in [4.69, 9.17) is 22.1 Å². The summed E-state index contributed by atoms with van der Waals surface area (Å²) in [5.41, 5.74) is 7.15. The number of ether oxygens (including phenoxy) is 1. The lowest BCUT2D eigenvalue weighted by Crippen LogP contribution is -2.33. The van der Waals surface area contributed by atoms with E-state index in [1.807, 2.05) is 18.2 Å². The number of rotatable bonds is 5. The molecule has 1 saturated heterocycles. The fraction of sp³-hybridized carbons (Fsp3) is 0.438. The van der Waals surface area contributed by atoms with Crippen LogP contribution in [0.4, 0.5) is 0 Å². The number of amides is 1. The standard InChI is InChI=1S/C16H20ClN5O2/c1-24-15-4-2-11(8-12(15)17)3-5-16(23)21-9-13(18)14(10-21)22-7-6-19-20-22/h2,4,6-8,13-14H,3,5,9-10,18H2,1H3/t13-,14+/m1/s1.